The summed E-state index contributed by atoms with van der Waals surface area (Å²) in [5.74, 6) is 0. The van der Waals surface area contributed by atoms with Gasteiger partial charge in [0.25, 0.3) is 0 Å². The normalized spacial score (nSPS) is 0.667. The van der Waals surface area contributed by atoms with E-state index < -0.39 is 0 Å². The molecule has 0 saturated heterocycles. The Morgan fingerprint density at radius 3 is 0.667 bits per heavy atom. The van der Waals surface area contributed by atoms with Crippen LogP contribution in [0.15, 0.2) is 0 Å². The molecule has 9 heavy (non-hydrogen) atoms. The summed E-state index contributed by atoms with van der Waals surface area (Å²) >= 11 is 3.64. The topological polar surface area (TPSA) is 20.2 Å². The molecule has 0 rings (SSSR count). The van der Waals surface area contributed by atoms with Gasteiger partial charge in [0.05, 0.1) is 11.9 Å². The van der Waals surface area contributed by atoms with Gasteiger partial charge in [-0.25, -0.2) is 0 Å². The van der Waals surface area contributed by atoms with Gasteiger partial charge < -0.3 is 62.0 Å². The molecule has 0 aliphatic carbocycles. The quantitative estimate of drug-likeness (QED) is 0.437. The summed E-state index contributed by atoms with van der Waals surface area (Å²) in [5, 5.41) is 0. The predicted octanol–water partition coefficient (Wildman–Crippen LogP) is -15.6. The molecule has 0 aromatic heterocycles. The van der Waals surface area contributed by atoms with Crippen molar-refractivity contribution in [3.8, 4) is 0 Å². The van der Waals surface area contributed by atoms with Crippen molar-refractivity contribution in [3.05, 3.63) is 0 Å². The van der Waals surface area contributed by atoms with Crippen LogP contribution in [-0.4, -0.2) is 45.1 Å². The maximum atomic E-state index is 6.47. The monoisotopic (exact) mass is 278 g/mol. The van der Waals surface area contributed by atoms with E-state index in [0.29, 0.717) is 0 Å². The van der Waals surface area contributed by atoms with E-state index in [4.69, 9.17) is 4.66 Å². The molecule has 0 heterocycles. The van der Waals surface area contributed by atoms with Crippen LogP contribution in [-0.2, 0) is 0 Å². The zero-order valence-corrected chi connectivity index (χ0v) is 11.1. The molecule has 0 saturated carbocycles. The molecule has 1 N–H and O–H groups in total. The minimum absolute atomic E-state index is 0. The first kappa shape index (κ1) is 90.8. The summed E-state index contributed by atoms with van der Waals surface area (Å²) in [5.41, 5.74) is 0. The second kappa shape index (κ2) is 122. The van der Waals surface area contributed by atoms with Gasteiger partial charge in [0.15, 0.2) is 0 Å². The summed E-state index contributed by atoms with van der Waals surface area (Å²) in [6.07, 6.45) is 0. The Morgan fingerprint density at radius 2 is 0.667 bits per heavy atom. The third-order valence-electron chi connectivity index (χ3n) is 0. The van der Waals surface area contributed by atoms with Crippen LogP contribution in [0.5, 0.6) is 0 Å². The number of rotatable bonds is 0. The van der Waals surface area contributed by atoms with Gasteiger partial charge in [-0.05, 0) is 0 Å². The summed E-state index contributed by atoms with van der Waals surface area (Å²) in [4.78, 5) is 0. The predicted molar refractivity (Wildman–Crippen MR) is 19.6 cm³/mol. The van der Waals surface area contributed by atoms with Gasteiger partial charge in [0.2, 0.25) is 0 Å². The Hall–Kier alpha value is 3.00. The molecule has 0 aliphatic rings. The molecule has 0 amide bonds. The van der Waals surface area contributed by atoms with E-state index in [9.17, 15) is 0 Å². The fourth-order valence-corrected chi connectivity index (χ4v) is 0. The summed E-state index contributed by atoms with van der Waals surface area (Å²) in [6, 6.07) is 0. The Morgan fingerprint density at radius 1 is 0.667 bits per heavy atom. The molecular formula is HAlCl6MgO. The van der Waals surface area contributed by atoms with E-state index in [2.05, 4.69) is 11.9 Å². The number of hydrogen-bond acceptors (Lipinski definition) is 1. The van der Waals surface area contributed by atoms with Crippen molar-refractivity contribution in [2.45, 2.75) is 0 Å². The van der Waals surface area contributed by atoms with Gasteiger partial charge in [-0.3, -0.25) is 4.66 Å². The van der Waals surface area contributed by atoms with E-state index in [-0.39, 0.29) is 102 Å². The third kappa shape index (κ3) is 99.0. The average molecular weight is 281 g/mol. The van der Waals surface area contributed by atoms with E-state index in [0.717, 1.165) is 0 Å². The summed E-state index contributed by atoms with van der Waals surface area (Å²) in [6.45, 7) is 0. The van der Waals surface area contributed by atoms with Crippen molar-refractivity contribution in [1.82, 2.24) is 0 Å². The first-order valence-corrected chi connectivity index (χ1v) is 0.507. The standard InChI is InChI=1S/Al.ClHO.5ClH.Mg/c;1-2;;;;;;/h;2H;5*1H;/q+3;;;;;;;+2/p-5. The third-order valence-corrected chi connectivity index (χ3v) is 0. The maximum absolute atomic E-state index is 6.47. The molecule has 0 aromatic carbocycles. The molecule has 0 aliphatic heterocycles. The van der Waals surface area contributed by atoms with E-state index in [1.165, 1.54) is 0 Å². The molecular weight excluding hydrogens is 280 g/mol. The van der Waals surface area contributed by atoms with Crippen molar-refractivity contribution >= 4 is 52.3 Å². The maximum Gasteiger partial charge on any atom is 3.00 e. The van der Waals surface area contributed by atoms with Crippen molar-refractivity contribution in [2.75, 3.05) is 0 Å². The van der Waals surface area contributed by atoms with E-state index >= 15 is 0 Å². The smallest absolute Gasteiger partial charge is 1.00 e. The zero-order chi connectivity index (χ0) is 2.00. The SMILES string of the molecule is OCl.[Al+3].[Cl-].[Cl-].[Cl-].[Cl-].[Cl-].[Mg+2]. The molecule has 0 radical (unpaired) electrons. The van der Waals surface area contributed by atoms with Crippen molar-refractivity contribution in [2.24, 2.45) is 0 Å². The average Bonchev–Trinajstić information content (AvgIpc) is 1.00. The molecule has 0 fully saturated rings. The second-order valence-corrected chi connectivity index (χ2v) is 0. The molecule has 0 spiro atoms. The Kier molecular flexibility index (Phi) is 1230. The van der Waals surface area contributed by atoms with Crippen LogP contribution in [0.25, 0.3) is 0 Å². The number of hydrogen-bond donors (Lipinski definition) is 1. The van der Waals surface area contributed by atoms with E-state index in [1.54, 1.807) is 0 Å². The Labute approximate surface area is 118 Å². The van der Waals surface area contributed by atoms with Crippen LogP contribution in [0.2, 0.25) is 0 Å². The minimum atomic E-state index is 0. The molecule has 0 bridgehead atoms. The van der Waals surface area contributed by atoms with E-state index in [1.807, 2.05) is 0 Å². The van der Waals surface area contributed by atoms with Gasteiger partial charge in [0, 0.05) is 0 Å². The van der Waals surface area contributed by atoms with Gasteiger partial charge in [-0.2, -0.15) is 0 Å². The summed E-state index contributed by atoms with van der Waals surface area (Å²) < 4.78 is 6.47. The second-order valence-electron chi connectivity index (χ2n) is 0. The first-order chi connectivity index (χ1) is 1.00. The van der Waals surface area contributed by atoms with Crippen LogP contribution in [0.1, 0.15) is 0 Å². The molecule has 0 aromatic rings. The van der Waals surface area contributed by atoms with Crippen molar-refractivity contribution < 1.29 is 66.7 Å². The fraction of sp³-hybridized carbons (Fsp3) is 0. The van der Waals surface area contributed by atoms with Gasteiger partial charge in [0.1, 0.15) is 0 Å². The van der Waals surface area contributed by atoms with Crippen LogP contribution in [0, 0.1) is 0 Å². The van der Waals surface area contributed by atoms with Crippen LogP contribution in [0.4, 0.5) is 0 Å². The minimum Gasteiger partial charge on any atom is -1.00 e. The van der Waals surface area contributed by atoms with Crippen LogP contribution in [0.3, 0.4) is 0 Å². The van der Waals surface area contributed by atoms with Gasteiger partial charge in [-0.15, -0.1) is 0 Å². The number of halogens is 6. The Balaban J connectivity index is -0.000000000238. The van der Waals surface area contributed by atoms with Gasteiger partial charge in [-0.1, -0.05) is 0 Å². The molecule has 0 atom stereocenters. The molecule has 9 heteroatoms. The van der Waals surface area contributed by atoms with Crippen LogP contribution >= 0.6 is 11.9 Å². The van der Waals surface area contributed by atoms with Crippen molar-refractivity contribution in [1.29, 1.82) is 0 Å². The zero-order valence-electron chi connectivity index (χ0n) is 4.00. The van der Waals surface area contributed by atoms with Gasteiger partial charge >= 0.3 is 40.4 Å². The largest absolute Gasteiger partial charge is 3.00 e. The summed E-state index contributed by atoms with van der Waals surface area (Å²) in [7, 11) is 0. The molecule has 54 valence electrons. The molecule has 1 nitrogen and oxygen atoms in total. The van der Waals surface area contributed by atoms with Crippen LogP contribution < -0.4 is 62.0 Å². The Bertz CT molecular complexity index is 13.0. The first-order valence-electron chi connectivity index (χ1n) is 0.169. The van der Waals surface area contributed by atoms with Crippen molar-refractivity contribution in [3.63, 3.8) is 0 Å². The molecule has 0 unspecified atom stereocenters. The fourth-order valence-electron chi connectivity index (χ4n) is 0.